The van der Waals surface area contributed by atoms with E-state index in [2.05, 4.69) is 20.5 Å². The molecular formula is C17H15N5O2S. The first-order valence-corrected chi connectivity index (χ1v) is 8.83. The highest BCUT2D eigenvalue weighted by Gasteiger charge is 2.19. The minimum Gasteiger partial charge on any atom is -0.261 e. The van der Waals surface area contributed by atoms with Crippen molar-refractivity contribution in [3.05, 3.63) is 56.7 Å². The highest BCUT2D eigenvalue weighted by atomic mass is 32.1. The van der Waals surface area contributed by atoms with Gasteiger partial charge in [0.25, 0.3) is 5.69 Å². The Morgan fingerprint density at radius 1 is 1.28 bits per heavy atom. The normalized spacial score (nSPS) is 13.9. The molecule has 0 amide bonds. The monoisotopic (exact) mass is 353 g/mol. The SMILES string of the molecule is O=[N+]([O-])c1cccc(C=NNc2ncnc3sc4c(c23)CCCC4)c1. The number of aryl methyl sites for hydroxylation is 2. The molecule has 0 saturated carbocycles. The summed E-state index contributed by atoms with van der Waals surface area (Å²) in [6.45, 7) is 0. The summed E-state index contributed by atoms with van der Waals surface area (Å²) in [7, 11) is 0. The molecule has 7 nitrogen and oxygen atoms in total. The lowest BCUT2D eigenvalue weighted by Gasteiger charge is -2.11. The molecule has 25 heavy (non-hydrogen) atoms. The van der Waals surface area contributed by atoms with Gasteiger partial charge in [0.05, 0.1) is 16.5 Å². The summed E-state index contributed by atoms with van der Waals surface area (Å²) in [5.41, 5.74) is 5.00. The molecule has 0 spiro atoms. The van der Waals surface area contributed by atoms with E-state index in [9.17, 15) is 10.1 Å². The van der Waals surface area contributed by atoms with Crippen LogP contribution in [0.1, 0.15) is 28.8 Å². The highest BCUT2D eigenvalue weighted by Crippen LogP contribution is 2.38. The maximum Gasteiger partial charge on any atom is 0.270 e. The first-order chi connectivity index (χ1) is 12.2. The maximum atomic E-state index is 10.8. The molecule has 1 aliphatic rings. The zero-order chi connectivity index (χ0) is 17.2. The first kappa shape index (κ1) is 15.6. The number of hydrogen-bond donors (Lipinski definition) is 1. The number of fused-ring (bicyclic) bond motifs is 3. The van der Waals surface area contributed by atoms with E-state index >= 15 is 0 Å². The van der Waals surface area contributed by atoms with E-state index in [1.54, 1.807) is 29.7 Å². The van der Waals surface area contributed by atoms with Crippen LogP contribution in [-0.4, -0.2) is 21.1 Å². The van der Waals surface area contributed by atoms with Gasteiger partial charge in [-0.25, -0.2) is 9.97 Å². The van der Waals surface area contributed by atoms with E-state index < -0.39 is 4.92 Å². The number of nitro groups is 1. The van der Waals surface area contributed by atoms with Crippen LogP contribution in [0.3, 0.4) is 0 Å². The Morgan fingerprint density at radius 3 is 3.04 bits per heavy atom. The summed E-state index contributed by atoms with van der Waals surface area (Å²) in [4.78, 5) is 21.5. The van der Waals surface area contributed by atoms with E-state index in [4.69, 9.17) is 0 Å². The Balaban J connectivity index is 1.62. The van der Waals surface area contributed by atoms with Gasteiger partial charge >= 0.3 is 0 Å². The number of benzene rings is 1. The zero-order valence-corrected chi connectivity index (χ0v) is 14.1. The van der Waals surface area contributed by atoms with Crippen molar-refractivity contribution in [2.24, 2.45) is 5.10 Å². The molecule has 0 fully saturated rings. The van der Waals surface area contributed by atoms with Crippen LogP contribution in [0.4, 0.5) is 11.5 Å². The van der Waals surface area contributed by atoms with Gasteiger partial charge in [-0.15, -0.1) is 11.3 Å². The van der Waals surface area contributed by atoms with Crippen LogP contribution in [0, 0.1) is 10.1 Å². The first-order valence-electron chi connectivity index (χ1n) is 8.01. The number of anilines is 1. The zero-order valence-electron chi connectivity index (χ0n) is 13.3. The predicted molar refractivity (Wildman–Crippen MR) is 98.4 cm³/mol. The van der Waals surface area contributed by atoms with Gasteiger partial charge in [0.15, 0.2) is 5.82 Å². The number of nitrogens with one attached hydrogen (secondary N) is 1. The van der Waals surface area contributed by atoms with Crippen LogP contribution < -0.4 is 5.43 Å². The number of nitrogens with zero attached hydrogens (tertiary/aromatic N) is 4. The van der Waals surface area contributed by atoms with Crippen molar-refractivity contribution in [2.75, 3.05) is 5.43 Å². The second kappa shape index (κ2) is 6.56. The molecule has 4 rings (SSSR count). The molecule has 2 heterocycles. The molecule has 0 atom stereocenters. The Morgan fingerprint density at radius 2 is 2.16 bits per heavy atom. The van der Waals surface area contributed by atoms with Crippen LogP contribution in [0.5, 0.6) is 0 Å². The van der Waals surface area contributed by atoms with Crippen molar-refractivity contribution in [3.63, 3.8) is 0 Å². The van der Waals surface area contributed by atoms with Gasteiger partial charge < -0.3 is 0 Å². The average Bonchev–Trinajstić information content (AvgIpc) is 3.01. The molecule has 1 N–H and O–H groups in total. The Labute approximate surface area is 147 Å². The molecule has 3 aromatic rings. The third kappa shape index (κ3) is 3.08. The highest BCUT2D eigenvalue weighted by molar-refractivity contribution is 7.19. The van der Waals surface area contributed by atoms with E-state index in [0.717, 1.165) is 23.1 Å². The van der Waals surface area contributed by atoms with E-state index in [-0.39, 0.29) is 5.69 Å². The second-order valence-electron chi connectivity index (χ2n) is 5.84. The molecular weight excluding hydrogens is 338 g/mol. The molecule has 8 heteroatoms. The van der Waals surface area contributed by atoms with Crippen LogP contribution in [-0.2, 0) is 12.8 Å². The van der Waals surface area contributed by atoms with Crippen LogP contribution in [0.25, 0.3) is 10.2 Å². The molecule has 0 unspecified atom stereocenters. The number of rotatable bonds is 4. The molecule has 0 bridgehead atoms. The maximum absolute atomic E-state index is 10.8. The number of thiophene rings is 1. The van der Waals surface area contributed by atoms with Gasteiger partial charge in [0.2, 0.25) is 0 Å². The molecule has 0 radical (unpaired) electrons. The molecule has 1 aliphatic carbocycles. The third-order valence-corrected chi connectivity index (χ3v) is 5.42. The van der Waals surface area contributed by atoms with Gasteiger partial charge in [-0.2, -0.15) is 5.10 Å². The minimum atomic E-state index is -0.420. The van der Waals surface area contributed by atoms with Gasteiger partial charge in [0.1, 0.15) is 11.2 Å². The summed E-state index contributed by atoms with van der Waals surface area (Å²) in [5.74, 6) is 0.686. The quantitative estimate of drug-likeness (QED) is 0.436. The van der Waals surface area contributed by atoms with Crippen molar-refractivity contribution in [1.29, 1.82) is 0 Å². The molecule has 2 aromatic heterocycles. The van der Waals surface area contributed by atoms with Gasteiger partial charge in [-0.1, -0.05) is 12.1 Å². The van der Waals surface area contributed by atoms with Crippen LogP contribution in [0.15, 0.2) is 35.7 Å². The number of hydrazone groups is 1. The smallest absolute Gasteiger partial charge is 0.261 e. The van der Waals surface area contributed by atoms with Crippen molar-refractivity contribution < 1.29 is 4.92 Å². The molecule has 0 saturated heterocycles. The topological polar surface area (TPSA) is 93.3 Å². The number of hydrogen-bond acceptors (Lipinski definition) is 7. The van der Waals surface area contributed by atoms with Crippen molar-refractivity contribution >= 4 is 39.3 Å². The van der Waals surface area contributed by atoms with Gasteiger partial charge in [0, 0.05) is 22.6 Å². The van der Waals surface area contributed by atoms with Gasteiger partial charge in [-0.05, 0) is 31.2 Å². The van der Waals surface area contributed by atoms with E-state index in [1.165, 1.54) is 41.7 Å². The Kier molecular flexibility index (Phi) is 4.10. The van der Waals surface area contributed by atoms with Crippen molar-refractivity contribution in [2.45, 2.75) is 25.7 Å². The van der Waals surface area contributed by atoms with Crippen LogP contribution in [0.2, 0.25) is 0 Å². The summed E-state index contributed by atoms with van der Waals surface area (Å²) >= 11 is 1.73. The molecule has 126 valence electrons. The third-order valence-electron chi connectivity index (χ3n) is 4.22. The van der Waals surface area contributed by atoms with E-state index in [1.807, 2.05) is 0 Å². The van der Waals surface area contributed by atoms with Gasteiger partial charge in [-0.3, -0.25) is 15.5 Å². The summed E-state index contributed by atoms with van der Waals surface area (Å²) in [6, 6.07) is 6.33. The summed E-state index contributed by atoms with van der Waals surface area (Å²) in [5, 5.41) is 16.1. The lowest BCUT2D eigenvalue weighted by Crippen LogP contribution is -2.01. The number of aromatic nitrogens is 2. The fourth-order valence-electron chi connectivity index (χ4n) is 3.06. The lowest BCUT2D eigenvalue weighted by molar-refractivity contribution is -0.384. The summed E-state index contributed by atoms with van der Waals surface area (Å²) in [6.07, 6.45) is 7.65. The average molecular weight is 353 g/mol. The van der Waals surface area contributed by atoms with Crippen molar-refractivity contribution in [3.8, 4) is 0 Å². The Hall–Kier alpha value is -2.87. The minimum absolute atomic E-state index is 0.0419. The molecule has 0 aliphatic heterocycles. The largest absolute Gasteiger partial charge is 0.270 e. The Bertz CT molecular complexity index is 982. The fraction of sp³-hybridized carbons (Fsp3) is 0.235. The standard InChI is InChI=1S/C17H15N5O2S/c23-22(24)12-5-3-4-11(8-12)9-20-21-16-15-13-6-1-2-7-14(13)25-17(15)19-10-18-16/h3-5,8-10H,1-2,6-7H2,(H,18,19,21). The number of nitro benzene ring substituents is 1. The van der Waals surface area contributed by atoms with Crippen molar-refractivity contribution in [1.82, 2.24) is 9.97 Å². The number of non-ortho nitro benzene ring substituents is 1. The fourth-order valence-corrected chi connectivity index (χ4v) is 4.29. The molecule has 1 aromatic carbocycles. The van der Waals surface area contributed by atoms with E-state index in [0.29, 0.717) is 11.4 Å². The summed E-state index contributed by atoms with van der Waals surface area (Å²) < 4.78 is 0. The predicted octanol–water partition coefficient (Wildman–Crippen LogP) is 3.92. The van der Waals surface area contributed by atoms with Crippen LogP contribution >= 0.6 is 11.3 Å². The lowest BCUT2D eigenvalue weighted by atomic mass is 9.97. The second-order valence-corrected chi connectivity index (χ2v) is 6.92.